The molecule has 0 unspecified atom stereocenters. The van der Waals surface area contributed by atoms with Gasteiger partial charge in [-0.15, -0.1) is 11.8 Å². The molecule has 3 rings (SSSR count). The molecule has 0 aliphatic heterocycles. The van der Waals surface area contributed by atoms with Crippen LogP contribution in [0.15, 0.2) is 34.0 Å². The molecule has 172 valence electrons. The van der Waals surface area contributed by atoms with Crippen LogP contribution >= 0.6 is 11.8 Å². The highest BCUT2D eigenvalue weighted by atomic mass is 32.2. The van der Waals surface area contributed by atoms with Crippen LogP contribution in [-0.4, -0.2) is 40.3 Å². The van der Waals surface area contributed by atoms with Crippen molar-refractivity contribution in [1.29, 1.82) is 0 Å². The first kappa shape index (κ1) is 23.8. The smallest absolute Gasteiger partial charge is 0.407 e. The lowest BCUT2D eigenvalue weighted by Gasteiger charge is -2.20. The average molecular weight is 460 g/mol. The van der Waals surface area contributed by atoms with E-state index in [2.05, 4.69) is 5.32 Å². The number of amides is 1. The summed E-state index contributed by atoms with van der Waals surface area (Å²) in [6, 6.07) is 6.85. The van der Waals surface area contributed by atoms with Gasteiger partial charge in [0, 0.05) is 5.56 Å². The molecule has 32 heavy (non-hydrogen) atoms. The summed E-state index contributed by atoms with van der Waals surface area (Å²) in [6.45, 7) is 2.27. The molecule has 0 bridgehead atoms. The Labute approximate surface area is 192 Å². The van der Waals surface area contributed by atoms with E-state index in [0.29, 0.717) is 47.2 Å². The Balaban J connectivity index is 2.28. The van der Waals surface area contributed by atoms with Gasteiger partial charge in [0.15, 0.2) is 16.9 Å². The van der Waals surface area contributed by atoms with Crippen molar-refractivity contribution in [2.75, 3.05) is 34.2 Å². The molecule has 0 saturated carbocycles. The number of carbonyl (C=O) groups excluding carboxylic acids is 1. The van der Waals surface area contributed by atoms with Crippen LogP contribution < -0.4 is 25.0 Å². The molecule has 1 N–H and O–H groups in total. The fourth-order valence-electron chi connectivity index (χ4n) is 4.00. The number of hydrogen-bond acceptors (Lipinski definition) is 7. The Morgan fingerprint density at radius 3 is 2.50 bits per heavy atom. The normalized spacial score (nSPS) is 14.5. The fourth-order valence-corrected chi connectivity index (χ4v) is 4.46. The van der Waals surface area contributed by atoms with Gasteiger partial charge in [-0.25, -0.2) is 4.79 Å². The SMILES string of the molecule is CCCOC(=O)N[C@H]1CCc2cc(OC)c(OC)c(OC)c2-c2ccc(SC)c(=O)cc21. The molecule has 7 nitrogen and oxygen atoms in total. The number of hydrogen-bond donors (Lipinski definition) is 1. The van der Waals surface area contributed by atoms with Crippen molar-refractivity contribution in [2.45, 2.75) is 37.1 Å². The second-order valence-corrected chi connectivity index (χ2v) is 8.18. The van der Waals surface area contributed by atoms with E-state index in [1.54, 1.807) is 27.4 Å². The molecule has 0 heterocycles. The second-order valence-electron chi connectivity index (χ2n) is 7.33. The lowest BCUT2D eigenvalue weighted by Crippen LogP contribution is -2.30. The number of fused-ring (bicyclic) bond motifs is 3. The van der Waals surface area contributed by atoms with E-state index in [4.69, 9.17) is 18.9 Å². The van der Waals surface area contributed by atoms with Crippen molar-refractivity contribution in [1.82, 2.24) is 5.32 Å². The van der Waals surface area contributed by atoms with Crippen LogP contribution in [0.1, 0.15) is 36.9 Å². The van der Waals surface area contributed by atoms with E-state index in [1.807, 2.05) is 31.4 Å². The van der Waals surface area contributed by atoms with E-state index in [1.165, 1.54) is 11.8 Å². The van der Waals surface area contributed by atoms with Gasteiger partial charge in [0.1, 0.15) is 0 Å². The third-order valence-corrected chi connectivity index (χ3v) is 6.23. The summed E-state index contributed by atoms with van der Waals surface area (Å²) in [6.07, 6.45) is 3.31. The molecular weight excluding hydrogens is 430 g/mol. The molecule has 2 aromatic rings. The van der Waals surface area contributed by atoms with Crippen LogP contribution in [-0.2, 0) is 11.2 Å². The van der Waals surface area contributed by atoms with Gasteiger partial charge < -0.3 is 24.3 Å². The van der Waals surface area contributed by atoms with E-state index in [0.717, 1.165) is 23.1 Å². The van der Waals surface area contributed by atoms with Crippen LogP contribution in [0.2, 0.25) is 0 Å². The molecule has 0 fully saturated rings. The van der Waals surface area contributed by atoms with E-state index < -0.39 is 12.1 Å². The maximum Gasteiger partial charge on any atom is 0.407 e. The van der Waals surface area contributed by atoms with Gasteiger partial charge in [-0.1, -0.05) is 13.0 Å². The predicted molar refractivity (Wildman–Crippen MR) is 125 cm³/mol. The van der Waals surface area contributed by atoms with Gasteiger partial charge in [-0.05, 0) is 60.4 Å². The molecule has 0 spiro atoms. The molecule has 1 atom stereocenters. The van der Waals surface area contributed by atoms with Gasteiger partial charge in [0.25, 0.3) is 0 Å². The molecular formula is C24H29NO6S. The maximum absolute atomic E-state index is 12.9. The lowest BCUT2D eigenvalue weighted by molar-refractivity contribution is 0.141. The topological polar surface area (TPSA) is 83.1 Å². The summed E-state index contributed by atoms with van der Waals surface area (Å²) >= 11 is 1.38. The zero-order chi connectivity index (χ0) is 23.3. The Hall–Kier alpha value is -2.87. The molecule has 0 radical (unpaired) electrons. The minimum atomic E-state index is -0.500. The Bertz CT molecular complexity index is 1060. The largest absolute Gasteiger partial charge is 0.493 e. The third kappa shape index (κ3) is 4.65. The summed E-state index contributed by atoms with van der Waals surface area (Å²) in [5.41, 5.74) is 3.22. The van der Waals surface area contributed by atoms with Crippen molar-refractivity contribution in [3.63, 3.8) is 0 Å². The molecule has 0 saturated heterocycles. The maximum atomic E-state index is 12.9. The van der Waals surface area contributed by atoms with Gasteiger partial charge in [-0.3, -0.25) is 4.79 Å². The van der Waals surface area contributed by atoms with Crippen LogP contribution in [0.4, 0.5) is 4.79 Å². The van der Waals surface area contributed by atoms with Crippen LogP contribution in [0.3, 0.4) is 0 Å². The molecule has 1 aliphatic carbocycles. The molecule has 0 aromatic heterocycles. The average Bonchev–Trinajstić information content (AvgIpc) is 3.04. The fraction of sp³-hybridized carbons (Fsp3) is 0.417. The summed E-state index contributed by atoms with van der Waals surface area (Å²) in [4.78, 5) is 25.9. The van der Waals surface area contributed by atoms with E-state index in [9.17, 15) is 9.59 Å². The first-order valence-electron chi connectivity index (χ1n) is 10.5. The summed E-state index contributed by atoms with van der Waals surface area (Å²) in [5, 5.41) is 2.95. The summed E-state index contributed by atoms with van der Waals surface area (Å²) in [7, 11) is 4.72. The minimum Gasteiger partial charge on any atom is -0.493 e. The first-order chi connectivity index (χ1) is 15.5. The molecule has 8 heteroatoms. The van der Waals surface area contributed by atoms with Crippen molar-refractivity contribution < 1.29 is 23.7 Å². The van der Waals surface area contributed by atoms with E-state index in [-0.39, 0.29) is 5.43 Å². The van der Waals surface area contributed by atoms with Crippen LogP contribution in [0, 0.1) is 0 Å². The van der Waals surface area contributed by atoms with Crippen molar-refractivity contribution in [3.8, 4) is 28.4 Å². The third-order valence-electron chi connectivity index (χ3n) is 5.45. The number of benzene rings is 1. The number of carbonyl (C=O) groups is 1. The summed E-state index contributed by atoms with van der Waals surface area (Å²) < 4.78 is 22.2. The Morgan fingerprint density at radius 2 is 1.88 bits per heavy atom. The van der Waals surface area contributed by atoms with Crippen molar-refractivity contribution >= 4 is 17.9 Å². The van der Waals surface area contributed by atoms with Crippen LogP contribution in [0.25, 0.3) is 11.1 Å². The Kier molecular flexibility index (Phi) is 7.90. The number of aryl methyl sites for hydroxylation is 1. The first-order valence-corrected chi connectivity index (χ1v) is 11.7. The number of thioether (sulfide) groups is 1. The quantitative estimate of drug-likeness (QED) is 0.607. The van der Waals surface area contributed by atoms with Crippen molar-refractivity contribution in [3.05, 3.63) is 45.6 Å². The number of rotatable bonds is 7. The molecule has 1 aliphatic rings. The predicted octanol–water partition coefficient (Wildman–Crippen LogP) is 4.59. The van der Waals surface area contributed by atoms with Crippen LogP contribution in [0.5, 0.6) is 17.2 Å². The van der Waals surface area contributed by atoms with E-state index >= 15 is 0 Å². The standard InChI is InChI=1S/C24H29NO6S/c1-6-11-31-24(27)25-17-9-7-14-12-19(28-2)22(29-3)23(30-4)21(14)15-8-10-20(32-5)18(26)13-16(15)17/h8,10,12-13,17H,6-7,9,11H2,1-5H3,(H,25,27)/t17-/m0/s1. The number of methoxy groups -OCH3 is 3. The number of alkyl carbamates (subject to hydrolysis) is 1. The van der Waals surface area contributed by atoms with Gasteiger partial charge >= 0.3 is 6.09 Å². The second kappa shape index (κ2) is 10.6. The minimum absolute atomic E-state index is 0.102. The zero-order valence-electron chi connectivity index (χ0n) is 19.1. The Morgan fingerprint density at radius 1 is 1.12 bits per heavy atom. The van der Waals surface area contributed by atoms with Gasteiger partial charge in [0.2, 0.25) is 5.75 Å². The molecule has 1 amide bonds. The highest BCUT2D eigenvalue weighted by molar-refractivity contribution is 7.98. The van der Waals surface area contributed by atoms with Gasteiger partial charge in [0.05, 0.1) is 38.9 Å². The molecule has 2 aromatic carbocycles. The highest BCUT2D eigenvalue weighted by Gasteiger charge is 2.30. The van der Waals surface area contributed by atoms with Crippen molar-refractivity contribution in [2.24, 2.45) is 0 Å². The number of nitrogens with one attached hydrogen (secondary N) is 1. The number of ether oxygens (including phenoxy) is 4. The highest BCUT2D eigenvalue weighted by Crippen LogP contribution is 2.50. The lowest BCUT2D eigenvalue weighted by atomic mass is 9.95. The van der Waals surface area contributed by atoms with Gasteiger partial charge in [-0.2, -0.15) is 0 Å². The monoisotopic (exact) mass is 459 g/mol. The zero-order valence-corrected chi connectivity index (χ0v) is 19.9. The summed E-state index contributed by atoms with van der Waals surface area (Å²) in [5.74, 6) is 1.57.